The molecular weight excluding hydrogens is 211 g/mol. The van der Waals surface area contributed by atoms with Crippen LogP contribution in [0.5, 0.6) is 0 Å². The summed E-state index contributed by atoms with van der Waals surface area (Å²) in [7, 11) is 0. The van der Waals surface area contributed by atoms with Gasteiger partial charge in [-0.15, -0.1) is 0 Å². The molecule has 0 spiro atoms. The molecule has 1 aromatic carbocycles. The second-order valence-corrected chi connectivity index (χ2v) is 5.71. The minimum Gasteiger partial charge on any atom is -0.206 e. The molecule has 0 amide bonds. The Labute approximate surface area is 103 Å². The first-order valence-electron chi connectivity index (χ1n) is 7.14. The highest BCUT2D eigenvalue weighted by atomic mass is 19.1. The fraction of sp³-hybridized carbons (Fsp3) is 0.625. The third-order valence-electron chi connectivity index (χ3n) is 4.65. The maximum absolute atomic E-state index is 14.6. The molecule has 0 nitrogen and oxygen atoms in total. The lowest BCUT2D eigenvalue weighted by Gasteiger charge is -2.17. The van der Waals surface area contributed by atoms with Crippen LogP contribution >= 0.6 is 0 Å². The Morgan fingerprint density at radius 2 is 1.18 bits per heavy atom. The summed E-state index contributed by atoms with van der Waals surface area (Å²) in [5.41, 5.74) is 2.01. The maximum Gasteiger partial charge on any atom is 0.130 e. The highest BCUT2D eigenvalue weighted by Crippen LogP contribution is 2.40. The molecular formula is C16H21F. The Morgan fingerprint density at radius 3 is 1.59 bits per heavy atom. The average Bonchev–Trinajstić information content (AvgIpc) is 3.02. The lowest BCUT2D eigenvalue weighted by Crippen LogP contribution is -2.03. The molecule has 0 radical (unpaired) electrons. The Hall–Kier alpha value is -0.850. The van der Waals surface area contributed by atoms with Crippen molar-refractivity contribution < 1.29 is 4.39 Å². The smallest absolute Gasteiger partial charge is 0.130 e. The monoisotopic (exact) mass is 232 g/mol. The number of halogens is 1. The van der Waals surface area contributed by atoms with Crippen LogP contribution in [0.25, 0.3) is 0 Å². The Morgan fingerprint density at radius 1 is 0.765 bits per heavy atom. The minimum atomic E-state index is 0.131. The standard InChI is InChI=1S/C16H21F/c17-16-14(12-6-1-2-7-12)10-5-11-15(16)13-8-3-4-9-13/h5,10-13H,1-4,6-9H2. The molecule has 0 aromatic heterocycles. The Balaban J connectivity index is 1.91. The lowest BCUT2D eigenvalue weighted by molar-refractivity contribution is 0.547. The molecule has 0 atom stereocenters. The van der Waals surface area contributed by atoms with Crippen LogP contribution in [0, 0.1) is 5.82 Å². The van der Waals surface area contributed by atoms with Gasteiger partial charge in [-0.1, -0.05) is 43.9 Å². The van der Waals surface area contributed by atoms with Gasteiger partial charge < -0.3 is 0 Å². The molecule has 0 N–H and O–H groups in total. The average molecular weight is 232 g/mol. The number of hydrogen-bond donors (Lipinski definition) is 0. The fourth-order valence-electron chi connectivity index (χ4n) is 3.67. The highest BCUT2D eigenvalue weighted by Gasteiger charge is 2.25. The maximum atomic E-state index is 14.6. The van der Waals surface area contributed by atoms with Gasteiger partial charge in [-0.05, 0) is 48.6 Å². The Bertz CT molecular complexity index is 350. The first kappa shape index (κ1) is 11.3. The fourth-order valence-corrected chi connectivity index (χ4v) is 3.67. The van der Waals surface area contributed by atoms with Gasteiger partial charge in [0.05, 0.1) is 0 Å². The van der Waals surface area contributed by atoms with Crippen molar-refractivity contribution in [2.75, 3.05) is 0 Å². The first-order valence-corrected chi connectivity index (χ1v) is 7.14. The van der Waals surface area contributed by atoms with E-state index in [2.05, 4.69) is 6.07 Å². The van der Waals surface area contributed by atoms with E-state index < -0.39 is 0 Å². The molecule has 2 aliphatic rings. The van der Waals surface area contributed by atoms with E-state index in [1.807, 2.05) is 12.1 Å². The van der Waals surface area contributed by atoms with Crippen LogP contribution in [0.1, 0.15) is 74.3 Å². The van der Waals surface area contributed by atoms with E-state index in [4.69, 9.17) is 0 Å². The van der Waals surface area contributed by atoms with Gasteiger partial charge in [0.25, 0.3) is 0 Å². The van der Waals surface area contributed by atoms with E-state index >= 15 is 0 Å². The normalized spacial score (nSPS) is 22.4. The largest absolute Gasteiger partial charge is 0.206 e. The molecule has 2 aliphatic carbocycles. The number of benzene rings is 1. The summed E-state index contributed by atoms with van der Waals surface area (Å²) in [6.45, 7) is 0. The first-order chi connectivity index (χ1) is 8.36. The van der Waals surface area contributed by atoms with Crippen molar-refractivity contribution in [1.29, 1.82) is 0 Å². The van der Waals surface area contributed by atoms with Crippen molar-refractivity contribution in [3.05, 3.63) is 35.1 Å². The van der Waals surface area contributed by atoms with Crippen LogP contribution in [-0.4, -0.2) is 0 Å². The third kappa shape index (κ3) is 2.12. The van der Waals surface area contributed by atoms with E-state index in [0.29, 0.717) is 11.8 Å². The highest BCUT2D eigenvalue weighted by molar-refractivity contribution is 5.32. The molecule has 17 heavy (non-hydrogen) atoms. The number of hydrogen-bond acceptors (Lipinski definition) is 0. The van der Waals surface area contributed by atoms with Crippen molar-refractivity contribution >= 4 is 0 Å². The molecule has 0 heterocycles. The number of rotatable bonds is 2. The molecule has 0 saturated heterocycles. The zero-order valence-corrected chi connectivity index (χ0v) is 10.4. The van der Waals surface area contributed by atoms with Crippen molar-refractivity contribution in [2.45, 2.75) is 63.2 Å². The Kier molecular flexibility index (Phi) is 3.17. The van der Waals surface area contributed by atoms with E-state index in [-0.39, 0.29) is 5.82 Å². The van der Waals surface area contributed by atoms with Crippen molar-refractivity contribution in [3.8, 4) is 0 Å². The van der Waals surface area contributed by atoms with E-state index in [1.165, 1.54) is 51.4 Å². The predicted molar refractivity (Wildman–Crippen MR) is 68.8 cm³/mol. The summed E-state index contributed by atoms with van der Waals surface area (Å²) >= 11 is 0. The summed E-state index contributed by atoms with van der Waals surface area (Å²) in [5.74, 6) is 1.12. The molecule has 0 aliphatic heterocycles. The van der Waals surface area contributed by atoms with Gasteiger partial charge in [-0.25, -0.2) is 4.39 Å². The van der Waals surface area contributed by atoms with Gasteiger partial charge in [0.2, 0.25) is 0 Å². The van der Waals surface area contributed by atoms with Gasteiger partial charge >= 0.3 is 0 Å². The van der Waals surface area contributed by atoms with Gasteiger partial charge in [-0.3, -0.25) is 0 Å². The van der Waals surface area contributed by atoms with Crippen LogP contribution < -0.4 is 0 Å². The zero-order valence-electron chi connectivity index (χ0n) is 10.4. The summed E-state index contributed by atoms with van der Waals surface area (Å²) in [5, 5.41) is 0. The molecule has 2 fully saturated rings. The topological polar surface area (TPSA) is 0 Å². The quantitative estimate of drug-likeness (QED) is 0.662. The molecule has 0 bridgehead atoms. The second-order valence-electron chi connectivity index (χ2n) is 5.71. The second kappa shape index (κ2) is 4.80. The van der Waals surface area contributed by atoms with Crippen molar-refractivity contribution in [3.63, 3.8) is 0 Å². The lowest BCUT2D eigenvalue weighted by atomic mass is 9.90. The summed E-state index contributed by atoms with van der Waals surface area (Å²) in [6, 6.07) is 6.11. The summed E-state index contributed by atoms with van der Waals surface area (Å²) in [6.07, 6.45) is 9.84. The van der Waals surface area contributed by atoms with Crippen LogP contribution in [0.3, 0.4) is 0 Å². The van der Waals surface area contributed by atoms with Crippen molar-refractivity contribution in [2.24, 2.45) is 0 Å². The van der Waals surface area contributed by atoms with Crippen LogP contribution in [0.15, 0.2) is 18.2 Å². The molecule has 3 rings (SSSR count). The SMILES string of the molecule is Fc1c(C2CCCC2)cccc1C1CCCC1. The van der Waals surface area contributed by atoms with E-state index in [0.717, 1.165) is 11.1 Å². The predicted octanol–water partition coefficient (Wildman–Crippen LogP) is 5.14. The van der Waals surface area contributed by atoms with Crippen molar-refractivity contribution in [1.82, 2.24) is 0 Å². The zero-order chi connectivity index (χ0) is 11.7. The summed E-state index contributed by atoms with van der Waals surface area (Å²) < 4.78 is 14.6. The van der Waals surface area contributed by atoms with Gasteiger partial charge in [-0.2, -0.15) is 0 Å². The minimum absolute atomic E-state index is 0.131. The third-order valence-corrected chi connectivity index (χ3v) is 4.65. The molecule has 92 valence electrons. The molecule has 2 saturated carbocycles. The van der Waals surface area contributed by atoms with Gasteiger partial charge in [0.1, 0.15) is 5.82 Å². The van der Waals surface area contributed by atoms with E-state index in [1.54, 1.807) is 0 Å². The molecule has 0 unspecified atom stereocenters. The molecule has 1 aromatic rings. The van der Waals surface area contributed by atoms with Gasteiger partial charge in [0.15, 0.2) is 0 Å². The van der Waals surface area contributed by atoms with Crippen LogP contribution in [0.4, 0.5) is 4.39 Å². The van der Waals surface area contributed by atoms with Crippen LogP contribution in [0.2, 0.25) is 0 Å². The summed E-state index contributed by atoms with van der Waals surface area (Å²) in [4.78, 5) is 0. The van der Waals surface area contributed by atoms with Gasteiger partial charge in [0, 0.05) is 0 Å². The molecule has 1 heteroatoms. The van der Waals surface area contributed by atoms with Crippen LogP contribution in [-0.2, 0) is 0 Å². The van der Waals surface area contributed by atoms with E-state index in [9.17, 15) is 4.39 Å².